The molecule has 0 saturated carbocycles. The highest BCUT2D eigenvalue weighted by Crippen LogP contribution is 2.31. The van der Waals surface area contributed by atoms with Crippen LogP contribution in [-0.4, -0.2) is 42.4 Å². The fourth-order valence-corrected chi connectivity index (χ4v) is 3.66. The fraction of sp³-hybridized carbons (Fsp3) is 0.278. The van der Waals surface area contributed by atoms with E-state index in [0.717, 1.165) is 35.4 Å². The minimum atomic E-state index is -0.292. The summed E-state index contributed by atoms with van der Waals surface area (Å²) in [6.07, 6.45) is 1.84. The molecule has 0 unspecified atom stereocenters. The molecule has 6 nitrogen and oxygen atoms in total. The van der Waals surface area contributed by atoms with E-state index in [1.807, 2.05) is 6.08 Å². The van der Waals surface area contributed by atoms with Gasteiger partial charge in [0.1, 0.15) is 5.82 Å². The summed E-state index contributed by atoms with van der Waals surface area (Å²) in [7, 11) is 0. The van der Waals surface area contributed by atoms with E-state index < -0.39 is 0 Å². The molecule has 3 heterocycles. The number of nitrogens with two attached hydrogens (primary N) is 1. The number of nitrogens with zero attached hydrogens (tertiary/aromatic N) is 3. The largest absolute Gasteiger partial charge is 0.378 e. The van der Waals surface area contributed by atoms with E-state index in [1.54, 1.807) is 0 Å². The number of amides is 1. The maximum atomic E-state index is 12.0. The Morgan fingerprint density at radius 2 is 2.08 bits per heavy atom. The number of aromatic nitrogens is 1. The quantitative estimate of drug-likeness (QED) is 0.834. The minimum Gasteiger partial charge on any atom is -0.378 e. The van der Waals surface area contributed by atoms with Crippen LogP contribution in [0.25, 0.3) is 17.0 Å². The van der Waals surface area contributed by atoms with E-state index in [1.165, 1.54) is 17.3 Å². The summed E-state index contributed by atoms with van der Waals surface area (Å²) in [6.45, 7) is 4.96. The molecule has 128 valence electrons. The molecular weight excluding hydrogens is 336 g/mol. The van der Waals surface area contributed by atoms with Crippen LogP contribution >= 0.6 is 11.8 Å². The number of fused-ring (bicyclic) bond motifs is 1. The molecule has 0 bridgehead atoms. The maximum Gasteiger partial charge on any atom is 0.286 e. The molecule has 2 aromatic rings. The number of pyridine rings is 1. The number of benzene rings is 1. The van der Waals surface area contributed by atoms with Gasteiger partial charge in [0, 0.05) is 24.0 Å². The van der Waals surface area contributed by atoms with Gasteiger partial charge in [0.05, 0.1) is 23.6 Å². The number of amidine groups is 1. The van der Waals surface area contributed by atoms with Gasteiger partial charge in [0.2, 0.25) is 0 Å². The number of morpholine rings is 1. The maximum absolute atomic E-state index is 12.0. The zero-order chi connectivity index (χ0) is 17.4. The molecule has 25 heavy (non-hydrogen) atoms. The number of rotatable bonds is 2. The summed E-state index contributed by atoms with van der Waals surface area (Å²) < 4.78 is 5.45. The Morgan fingerprint density at radius 1 is 1.28 bits per heavy atom. The smallest absolute Gasteiger partial charge is 0.286 e. The summed E-state index contributed by atoms with van der Waals surface area (Å²) in [5.74, 6) is 0.576. The van der Waals surface area contributed by atoms with Crippen molar-refractivity contribution >= 4 is 45.6 Å². The molecule has 0 aliphatic carbocycles. The first-order valence-corrected chi connectivity index (χ1v) is 8.94. The number of aryl methyl sites for hydroxylation is 1. The number of carbonyl (C=O) groups excluding carboxylic acids is 1. The lowest BCUT2D eigenvalue weighted by Gasteiger charge is -2.29. The second kappa shape index (κ2) is 6.50. The van der Waals surface area contributed by atoms with E-state index in [-0.39, 0.29) is 11.1 Å². The first-order valence-electron chi connectivity index (χ1n) is 8.12. The molecule has 2 aliphatic rings. The van der Waals surface area contributed by atoms with Gasteiger partial charge in [-0.3, -0.25) is 4.79 Å². The van der Waals surface area contributed by atoms with Crippen LogP contribution in [0.2, 0.25) is 0 Å². The SMILES string of the molecule is Cc1ccc2cc(/C=C3/SC(N)=NC3=O)c(N3CCOCC3)nc2c1. The minimum absolute atomic E-state index is 0.286. The summed E-state index contributed by atoms with van der Waals surface area (Å²) in [5, 5.41) is 1.33. The second-order valence-corrected chi connectivity index (χ2v) is 7.12. The lowest BCUT2D eigenvalue weighted by Crippen LogP contribution is -2.37. The van der Waals surface area contributed by atoms with Crippen molar-refractivity contribution in [1.82, 2.24) is 4.98 Å². The van der Waals surface area contributed by atoms with Crippen molar-refractivity contribution in [3.8, 4) is 0 Å². The van der Waals surface area contributed by atoms with Crippen LogP contribution in [0.5, 0.6) is 0 Å². The zero-order valence-corrected chi connectivity index (χ0v) is 14.7. The molecule has 0 atom stereocenters. The molecular formula is C18H18N4O2S. The summed E-state index contributed by atoms with van der Waals surface area (Å²) in [5.41, 5.74) is 8.68. The van der Waals surface area contributed by atoms with E-state index in [0.29, 0.717) is 18.1 Å². The Hall–Kier alpha value is -2.38. The Morgan fingerprint density at radius 3 is 2.80 bits per heavy atom. The Bertz CT molecular complexity index is 917. The molecule has 2 N–H and O–H groups in total. The summed E-state index contributed by atoms with van der Waals surface area (Å²) in [6, 6.07) is 8.26. The van der Waals surface area contributed by atoms with Crippen molar-refractivity contribution in [3.63, 3.8) is 0 Å². The van der Waals surface area contributed by atoms with Crippen LogP contribution in [-0.2, 0) is 9.53 Å². The molecule has 1 aromatic carbocycles. The van der Waals surface area contributed by atoms with Gasteiger partial charge in [0.25, 0.3) is 5.91 Å². The summed E-state index contributed by atoms with van der Waals surface area (Å²) in [4.78, 5) is 23.4. The number of carbonyl (C=O) groups is 1. The van der Waals surface area contributed by atoms with Gasteiger partial charge in [-0.05, 0) is 42.5 Å². The molecule has 1 amide bonds. The first kappa shape index (κ1) is 16.1. The summed E-state index contributed by atoms with van der Waals surface area (Å²) >= 11 is 1.20. The number of ether oxygens (including phenoxy) is 1. The third-order valence-electron chi connectivity index (χ3n) is 4.22. The number of aliphatic imine (C=N–C) groups is 1. The number of hydrogen-bond acceptors (Lipinski definition) is 6. The average molecular weight is 354 g/mol. The van der Waals surface area contributed by atoms with Crippen molar-refractivity contribution in [2.75, 3.05) is 31.2 Å². The van der Waals surface area contributed by atoms with Crippen molar-refractivity contribution < 1.29 is 9.53 Å². The number of hydrogen-bond donors (Lipinski definition) is 1. The van der Waals surface area contributed by atoms with Gasteiger partial charge >= 0.3 is 0 Å². The Kier molecular flexibility index (Phi) is 4.19. The van der Waals surface area contributed by atoms with Gasteiger partial charge in [-0.1, -0.05) is 12.1 Å². The Balaban J connectivity index is 1.84. The highest BCUT2D eigenvalue weighted by Gasteiger charge is 2.22. The highest BCUT2D eigenvalue weighted by atomic mass is 32.2. The van der Waals surface area contributed by atoms with E-state index in [2.05, 4.69) is 41.1 Å². The van der Waals surface area contributed by atoms with Crippen LogP contribution in [0.1, 0.15) is 11.1 Å². The molecule has 0 radical (unpaired) electrons. The van der Waals surface area contributed by atoms with Crippen LogP contribution in [0.4, 0.5) is 5.82 Å². The lowest BCUT2D eigenvalue weighted by molar-refractivity contribution is -0.113. The molecule has 1 saturated heterocycles. The van der Waals surface area contributed by atoms with Crippen LogP contribution < -0.4 is 10.6 Å². The van der Waals surface area contributed by atoms with Gasteiger partial charge < -0.3 is 15.4 Å². The normalized spacial score (nSPS) is 19.7. The predicted octanol–water partition coefficient (Wildman–Crippen LogP) is 2.31. The second-order valence-electron chi connectivity index (χ2n) is 6.06. The lowest BCUT2D eigenvalue weighted by atomic mass is 10.1. The van der Waals surface area contributed by atoms with Crippen LogP contribution in [0.3, 0.4) is 0 Å². The fourth-order valence-electron chi connectivity index (χ4n) is 2.98. The molecule has 4 rings (SSSR count). The topological polar surface area (TPSA) is 80.8 Å². The number of anilines is 1. The van der Waals surface area contributed by atoms with E-state index in [4.69, 9.17) is 15.5 Å². The molecule has 1 aromatic heterocycles. The van der Waals surface area contributed by atoms with Gasteiger partial charge in [0.15, 0.2) is 5.17 Å². The monoisotopic (exact) mass is 354 g/mol. The van der Waals surface area contributed by atoms with Crippen LogP contribution in [0.15, 0.2) is 34.2 Å². The van der Waals surface area contributed by atoms with E-state index >= 15 is 0 Å². The van der Waals surface area contributed by atoms with Crippen molar-refractivity contribution in [2.45, 2.75) is 6.92 Å². The third-order valence-corrected chi connectivity index (χ3v) is 5.03. The third kappa shape index (κ3) is 3.25. The highest BCUT2D eigenvalue weighted by molar-refractivity contribution is 8.18. The van der Waals surface area contributed by atoms with E-state index in [9.17, 15) is 4.79 Å². The first-order chi connectivity index (χ1) is 12.1. The molecule has 1 fully saturated rings. The molecule has 2 aliphatic heterocycles. The molecule has 0 spiro atoms. The Labute approximate surface area is 149 Å². The zero-order valence-electron chi connectivity index (χ0n) is 13.9. The van der Waals surface area contributed by atoms with Gasteiger partial charge in [-0.15, -0.1) is 0 Å². The number of thioether (sulfide) groups is 1. The van der Waals surface area contributed by atoms with Gasteiger partial charge in [-0.2, -0.15) is 4.99 Å². The molecule has 7 heteroatoms. The van der Waals surface area contributed by atoms with Crippen molar-refractivity contribution in [2.24, 2.45) is 10.7 Å². The van der Waals surface area contributed by atoms with Gasteiger partial charge in [-0.25, -0.2) is 4.98 Å². The van der Waals surface area contributed by atoms with Crippen molar-refractivity contribution in [3.05, 3.63) is 40.3 Å². The predicted molar refractivity (Wildman–Crippen MR) is 102 cm³/mol. The van der Waals surface area contributed by atoms with Crippen molar-refractivity contribution in [1.29, 1.82) is 0 Å². The standard InChI is InChI=1S/C18H18N4O2S/c1-11-2-3-12-9-13(10-15-17(23)21-18(19)25-15)16(20-14(12)8-11)22-4-6-24-7-5-22/h2-3,8-10H,4-7H2,1H3,(H2,19,21,23)/b15-10+. The average Bonchev–Trinajstić information content (AvgIpc) is 2.92. The van der Waals surface area contributed by atoms with Crippen LogP contribution in [0, 0.1) is 6.92 Å².